The van der Waals surface area contributed by atoms with Crippen molar-refractivity contribution >= 4 is 5.97 Å². The van der Waals surface area contributed by atoms with E-state index in [9.17, 15) is 4.79 Å². The van der Waals surface area contributed by atoms with Crippen LogP contribution in [0.25, 0.3) is 11.1 Å². The van der Waals surface area contributed by atoms with E-state index >= 15 is 0 Å². The van der Waals surface area contributed by atoms with Gasteiger partial charge in [-0.15, -0.1) is 6.58 Å². The van der Waals surface area contributed by atoms with Crippen molar-refractivity contribution in [3.05, 3.63) is 66.7 Å². The van der Waals surface area contributed by atoms with Gasteiger partial charge in [-0.25, -0.2) is 0 Å². The fraction of sp³-hybridized carbons (Fsp3) is 0.118. The second-order valence-corrected chi connectivity index (χ2v) is 4.23. The zero-order valence-corrected chi connectivity index (χ0v) is 10.9. The third kappa shape index (κ3) is 3.10. The summed E-state index contributed by atoms with van der Waals surface area (Å²) in [4.78, 5) is 11.2. The van der Waals surface area contributed by atoms with Gasteiger partial charge in [0.2, 0.25) is 0 Å². The van der Waals surface area contributed by atoms with Crippen LogP contribution in [0.2, 0.25) is 0 Å². The van der Waals surface area contributed by atoms with Crippen LogP contribution < -0.4 is 4.74 Å². The lowest BCUT2D eigenvalue weighted by atomic mass is 9.97. The third-order valence-electron chi connectivity index (χ3n) is 2.82. The Morgan fingerprint density at radius 1 is 1.16 bits per heavy atom. The van der Waals surface area contributed by atoms with Gasteiger partial charge in [-0.1, -0.05) is 48.5 Å². The normalized spacial score (nSPS) is 9.95. The van der Waals surface area contributed by atoms with E-state index in [2.05, 4.69) is 6.58 Å². The molecule has 2 heteroatoms. The molecule has 0 atom stereocenters. The first-order valence-electron chi connectivity index (χ1n) is 6.19. The van der Waals surface area contributed by atoms with Gasteiger partial charge in [-0.3, -0.25) is 4.79 Å². The lowest BCUT2D eigenvalue weighted by Gasteiger charge is -2.13. The molecule has 2 rings (SSSR count). The minimum absolute atomic E-state index is 0.310. The zero-order valence-electron chi connectivity index (χ0n) is 10.9. The van der Waals surface area contributed by atoms with E-state index in [0.717, 1.165) is 16.7 Å². The van der Waals surface area contributed by atoms with Crippen LogP contribution in [0, 0.1) is 0 Å². The lowest BCUT2D eigenvalue weighted by molar-refractivity contribution is -0.131. The summed E-state index contributed by atoms with van der Waals surface area (Å²) < 4.78 is 5.27. The summed E-state index contributed by atoms with van der Waals surface area (Å²) in [7, 11) is 0. The largest absolute Gasteiger partial charge is 0.426 e. The van der Waals surface area contributed by atoms with Crippen LogP contribution in [-0.2, 0) is 11.2 Å². The molecular weight excluding hydrogens is 236 g/mol. The number of benzene rings is 2. The molecule has 0 aliphatic carbocycles. The average Bonchev–Trinajstić information content (AvgIpc) is 2.41. The van der Waals surface area contributed by atoms with Gasteiger partial charge in [0, 0.05) is 12.5 Å². The van der Waals surface area contributed by atoms with Crippen LogP contribution in [0.5, 0.6) is 5.75 Å². The van der Waals surface area contributed by atoms with Crippen LogP contribution in [-0.4, -0.2) is 5.97 Å². The summed E-state index contributed by atoms with van der Waals surface area (Å²) in [5.41, 5.74) is 3.16. The maximum Gasteiger partial charge on any atom is 0.308 e. The minimum atomic E-state index is -0.310. The standard InChI is InChI=1S/C17H16O2/c1-3-8-16-15(14-9-5-4-6-10-14)11-7-12-17(16)19-13(2)18/h3-7,9-12H,1,8H2,2H3. The number of allylic oxidation sites excluding steroid dienone is 1. The molecule has 0 aliphatic rings. The Balaban J connectivity index is 2.54. The summed E-state index contributed by atoms with van der Waals surface area (Å²) in [6, 6.07) is 15.8. The van der Waals surface area contributed by atoms with Crippen molar-refractivity contribution in [2.24, 2.45) is 0 Å². The highest BCUT2D eigenvalue weighted by atomic mass is 16.5. The highest BCUT2D eigenvalue weighted by Gasteiger charge is 2.11. The molecule has 2 aromatic rings. The molecule has 0 N–H and O–H groups in total. The number of ether oxygens (including phenoxy) is 1. The Hall–Kier alpha value is -2.35. The van der Waals surface area contributed by atoms with E-state index < -0.39 is 0 Å². The maximum atomic E-state index is 11.2. The first-order chi connectivity index (χ1) is 9.22. The molecule has 96 valence electrons. The van der Waals surface area contributed by atoms with E-state index in [4.69, 9.17) is 4.74 Å². The van der Waals surface area contributed by atoms with Crippen molar-refractivity contribution in [2.75, 3.05) is 0 Å². The molecule has 0 fully saturated rings. The van der Waals surface area contributed by atoms with Crippen molar-refractivity contribution in [2.45, 2.75) is 13.3 Å². The molecule has 2 nitrogen and oxygen atoms in total. The second kappa shape index (κ2) is 6.01. The Labute approximate surface area is 113 Å². The topological polar surface area (TPSA) is 26.3 Å². The summed E-state index contributed by atoms with van der Waals surface area (Å²) in [6.07, 6.45) is 2.47. The monoisotopic (exact) mass is 252 g/mol. The molecule has 0 aliphatic heterocycles. The number of rotatable bonds is 4. The molecule has 0 heterocycles. The van der Waals surface area contributed by atoms with Gasteiger partial charge in [0.05, 0.1) is 0 Å². The molecular formula is C17H16O2. The van der Waals surface area contributed by atoms with Gasteiger partial charge in [-0.05, 0) is 23.6 Å². The number of esters is 1. The summed E-state index contributed by atoms with van der Waals surface area (Å²) in [6.45, 7) is 5.18. The smallest absolute Gasteiger partial charge is 0.308 e. The highest BCUT2D eigenvalue weighted by molar-refractivity contribution is 5.74. The van der Waals surface area contributed by atoms with E-state index in [1.165, 1.54) is 6.92 Å². The molecule has 0 saturated carbocycles. The lowest BCUT2D eigenvalue weighted by Crippen LogP contribution is -2.04. The summed E-state index contributed by atoms with van der Waals surface area (Å²) in [5, 5.41) is 0. The van der Waals surface area contributed by atoms with Crippen LogP contribution >= 0.6 is 0 Å². The predicted octanol–water partition coefficient (Wildman–Crippen LogP) is 4.01. The van der Waals surface area contributed by atoms with Crippen molar-refractivity contribution in [3.63, 3.8) is 0 Å². The molecule has 2 aromatic carbocycles. The molecule has 0 saturated heterocycles. The first-order valence-corrected chi connectivity index (χ1v) is 6.19. The molecule has 0 aromatic heterocycles. The van der Waals surface area contributed by atoms with Crippen molar-refractivity contribution < 1.29 is 9.53 Å². The molecule has 0 bridgehead atoms. The van der Waals surface area contributed by atoms with E-state index in [1.807, 2.05) is 54.6 Å². The molecule has 0 unspecified atom stereocenters. The maximum absolute atomic E-state index is 11.2. The Bertz CT molecular complexity index is 585. The summed E-state index contributed by atoms with van der Waals surface area (Å²) >= 11 is 0. The quantitative estimate of drug-likeness (QED) is 0.467. The predicted molar refractivity (Wildman–Crippen MR) is 77.1 cm³/mol. The highest BCUT2D eigenvalue weighted by Crippen LogP contribution is 2.31. The second-order valence-electron chi connectivity index (χ2n) is 4.23. The Morgan fingerprint density at radius 3 is 2.53 bits per heavy atom. The molecule has 0 spiro atoms. The van der Waals surface area contributed by atoms with Gasteiger partial charge in [0.25, 0.3) is 0 Å². The van der Waals surface area contributed by atoms with Crippen LogP contribution in [0.4, 0.5) is 0 Å². The Kier molecular flexibility index (Phi) is 4.14. The first kappa shape index (κ1) is 13.1. The number of carbonyl (C=O) groups excluding carboxylic acids is 1. The van der Waals surface area contributed by atoms with Crippen molar-refractivity contribution in [1.29, 1.82) is 0 Å². The zero-order chi connectivity index (χ0) is 13.7. The molecule has 0 radical (unpaired) electrons. The third-order valence-corrected chi connectivity index (χ3v) is 2.82. The summed E-state index contributed by atoms with van der Waals surface area (Å²) in [5.74, 6) is 0.296. The van der Waals surface area contributed by atoms with Gasteiger partial charge in [0.15, 0.2) is 0 Å². The van der Waals surface area contributed by atoms with Crippen molar-refractivity contribution in [3.8, 4) is 16.9 Å². The number of hydrogen-bond donors (Lipinski definition) is 0. The molecule has 19 heavy (non-hydrogen) atoms. The van der Waals surface area contributed by atoms with Crippen LogP contribution in [0.3, 0.4) is 0 Å². The fourth-order valence-corrected chi connectivity index (χ4v) is 2.06. The SMILES string of the molecule is C=CCc1c(OC(C)=O)cccc1-c1ccccc1. The van der Waals surface area contributed by atoms with E-state index in [1.54, 1.807) is 0 Å². The van der Waals surface area contributed by atoms with Gasteiger partial charge in [-0.2, -0.15) is 0 Å². The average molecular weight is 252 g/mol. The van der Waals surface area contributed by atoms with E-state index in [-0.39, 0.29) is 5.97 Å². The van der Waals surface area contributed by atoms with Crippen LogP contribution in [0.1, 0.15) is 12.5 Å². The van der Waals surface area contributed by atoms with Crippen molar-refractivity contribution in [1.82, 2.24) is 0 Å². The van der Waals surface area contributed by atoms with Gasteiger partial charge in [0.1, 0.15) is 5.75 Å². The van der Waals surface area contributed by atoms with Gasteiger partial charge < -0.3 is 4.74 Å². The molecule has 0 amide bonds. The van der Waals surface area contributed by atoms with E-state index in [0.29, 0.717) is 12.2 Å². The number of carbonyl (C=O) groups is 1. The van der Waals surface area contributed by atoms with Crippen LogP contribution in [0.15, 0.2) is 61.2 Å². The minimum Gasteiger partial charge on any atom is -0.426 e. The number of hydrogen-bond acceptors (Lipinski definition) is 2. The van der Waals surface area contributed by atoms with Gasteiger partial charge >= 0.3 is 5.97 Å². The fourth-order valence-electron chi connectivity index (χ4n) is 2.06. The Morgan fingerprint density at radius 2 is 1.89 bits per heavy atom.